The molecule has 2 heterocycles. The standard InChI is InChI=1S/C14H15F3N2O/c15-14(16,17)20-10-4-5-12-11(8-10)13(9-18-12)19-6-2-1-3-7-19/h4-5,8-9,18H,1-3,6-7H2. The van der Waals surface area contributed by atoms with E-state index in [0.29, 0.717) is 0 Å². The molecule has 3 nitrogen and oxygen atoms in total. The highest BCUT2D eigenvalue weighted by atomic mass is 19.4. The van der Waals surface area contributed by atoms with Crippen molar-refractivity contribution in [2.24, 2.45) is 0 Å². The first kappa shape index (κ1) is 13.1. The number of halogens is 3. The van der Waals surface area contributed by atoms with Gasteiger partial charge in [0.15, 0.2) is 0 Å². The Bertz CT molecular complexity index is 600. The van der Waals surface area contributed by atoms with E-state index in [1.54, 1.807) is 6.07 Å². The molecule has 1 fully saturated rings. The molecule has 1 N–H and O–H groups in total. The number of ether oxygens (including phenoxy) is 1. The zero-order chi connectivity index (χ0) is 14.2. The molecule has 0 bridgehead atoms. The third kappa shape index (κ3) is 2.69. The molecule has 3 rings (SSSR count). The average Bonchev–Trinajstić information content (AvgIpc) is 2.81. The third-order valence-corrected chi connectivity index (χ3v) is 3.56. The Labute approximate surface area is 114 Å². The number of piperidine rings is 1. The predicted octanol–water partition coefficient (Wildman–Crippen LogP) is 4.06. The molecule has 0 aliphatic carbocycles. The zero-order valence-electron chi connectivity index (χ0n) is 10.8. The van der Waals surface area contributed by atoms with Gasteiger partial charge in [0, 0.05) is 30.2 Å². The van der Waals surface area contributed by atoms with Crippen LogP contribution in [0.25, 0.3) is 10.9 Å². The van der Waals surface area contributed by atoms with Crippen LogP contribution in [0.1, 0.15) is 19.3 Å². The van der Waals surface area contributed by atoms with Crippen molar-refractivity contribution in [2.75, 3.05) is 18.0 Å². The van der Waals surface area contributed by atoms with Crippen molar-refractivity contribution in [3.63, 3.8) is 0 Å². The van der Waals surface area contributed by atoms with E-state index >= 15 is 0 Å². The number of alkyl halides is 3. The van der Waals surface area contributed by atoms with Crippen LogP contribution < -0.4 is 9.64 Å². The van der Waals surface area contributed by atoms with Crippen molar-refractivity contribution in [1.82, 2.24) is 4.98 Å². The summed E-state index contributed by atoms with van der Waals surface area (Å²) in [6, 6.07) is 4.39. The van der Waals surface area contributed by atoms with Crippen molar-refractivity contribution in [2.45, 2.75) is 25.6 Å². The van der Waals surface area contributed by atoms with Crippen LogP contribution in [0.4, 0.5) is 18.9 Å². The molecule has 1 aliphatic rings. The summed E-state index contributed by atoms with van der Waals surface area (Å²) in [5.41, 5.74) is 1.77. The number of benzene rings is 1. The molecule has 6 heteroatoms. The molecule has 0 saturated carbocycles. The second-order valence-electron chi connectivity index (χ2n) is 4.98. The van der Waals surface area contributed by atoms with Crippen molar-refractivity contribution >= 4 is 16.6 Å². The van der Waals surface area contributed by atoms with E-state index in [1.807, 2.05) is 6.20 Å². The smallest absolute Gasteiger partial charge is 0.406 e. The lowest BCUT2D eigenvalue weighted by molar-refractivity contribution is -0.274. The van der Waals surface area contributed by atoms with Crippen molar-refractivity contribution in [3.8, 4) is 5.75 Å². The van der Waals surface area contributed by atoms with Crippen molar-refractivity contribution in [3.05, 3.63) is 24.4 Å². The summed E-state index contributed by atoms with van der Waals surface area (Å²) in [5, 5.41) is 0.772. The van der Waals surface area contributed by atoms with Gasteiger partial charge in [0.1, 0.15) is 5.75 Å². The molecule has 2 aromatic rings. The Balaban J connectivity index is 1.94. The first-order valence-electron chi connectivity index (χ1n) is 6.65. The van der Waals surface area contributed by atoms with E-state index < -0.39 is 6.36 Å². The molecule has 0 atom stereocenters. The Morgan fingerprint density at radius 3 is 2.55 bits per heavy atom. The van der Waals surface area contributed by atoms with Crippen LogP contribution in [0, 0.1) is 0 Å². The summed E-state index contributed by atoms with van der Waals surface area (Å²) in [6.45, 7) is 1.88. The molecule has 1 saturated heterocycles. The number of hydrogen-bond donors (Lipinski definition) is 1. The number of aromatic nitrogens is 1. The lowest BCUT2D eigenvalue weighted by atomic mass is 10.1. The number of H-pyrrole nitrogens is 1. The number of fused-ring (bicyclic) bond motifs is 1. The lowest BCUT2D eigenvalue weighted by Crippen LogP contribution is -2.29. The summed E-state index contributed by atoms with van der Waals surface area (Å²) >= 11 is 0. The fraction of sp³-hybridized carbons (Fsp3) is 0.429. The molecule has 1 aromatic heterocycles. The normalized spacial score (nSPS) is 16.6. The second-order valence-corrected chi connectivity index (χ2v) is 4.98. The number of rotatable bonds is 2. The molecule has 0 amide bonds. The molecular formula is C14H15F3N2O. The number of anilines is 1. The number of aromatic amines is 1. The van der Waals surface area contributed by atoms with Crippen LogP contribution in [0.15, 0.2) is 24.4 Å². The fourth-order valence-corrected chi connectivity index (χ4v) is 2.68. The summed E-state index contributed by atoms with van der Waals surface area (Å²) in [5.74, 6) is -0.178. The largest absolute Gasteiger partial charge is 0.573 e. The SMILES string of the molecule is FC(F)(F)Oc1ccc2[nH]cc(N3CCCCC3)c2c1. The highest BCUT2D eigenvalue weighted by Gasteiger charge is 2.31. The Hall–Kier alpha value is -1.85. The van der Waals surface area contributed by atoms with E-state index in [9.17, 15) is 13.2 Å². The van der Waals surface area contributed by atoms with E-state index in [1.165, 1.54) is 18.6 Å². The molecule has 108 valence electrons. The zero-order valence-corrected chi connectivity index (χ0v) is 10.8. The van der Waals surface area contributed by atoms with Gasteiger partial charge in [-0.1, -0.05) is 0 Å². The Morgan fingerprint density at radius 1 is 1.10 bits per heavy atom. The first-order chi connectivity index (χ1) is 9.53. The van der Waals surface area contributed by atoms with Crippen LogP contribution in [-0.4, -0.2) is 24.4 Å². The van der Waals surface area contributed by atoms with Crippen LogP contribution in [0.3, 0.4) is 0 Å². The molecular weight excluding hydrogens is 269 g/mol. The van der Waals surface area contributed by atoms with Crippen LogP contribution >= 0.6 is 0 Å². The van der Waals surface area contributed by atoms with Gasteiger partial charge in [0.2, 0.25) is 0 Å². The van der Waals surface area contributed by atoms with Gasteiger partial charge in [-0.05, 0) is 37.5 Å². The monoisotopic (exact) mass is 284 g/mol. The van der Waals surface area contributed by atoms with E-state index in [2.05, 4.69) is 14.6 Å². The van der Waals surface area contributed by atoms with Crippen LogP contribution in [0.2, 0.25) is 0 Å². The summed E-state index contributed by atoms with van der Waals surface area (Å²) in [6.07, 6.45) is 0.640. The van der Waals surface area contributed by atoms with Gasteiger partial charge in [0.05, 0.1) is 5.69 Å². The maximum Gasteiger partial charge on any atom is 0.573 e. The minimum Gasteiger partial charge on any atom is -0.406 e. The minimum atomic E-state index is -4.66. The Morgan fingerprint density at radius 2 is 1.85 bits per heavy atom. The second kappa shape index (κ2) is 4.92. The quantitative estimate of drug-likeness (QED) is 0.901. The van der Waals surface area contributed by atoms with Gasteiger partial charge in [-0.25, -0.2) is 0 Å². The summed E-state index contributed by atoms with van der Waals surface area (Å²) in [4.78, 5) is 5.31. The van der Waals surface area contributed by atoms with Crippen LogP contribution in [0.5, 0.6) is 5.75 Å². The predicted molar refractivity (Wildman–Crippen MR) is 71.0 cm³/mol. The van der Waals surface area contributed by atoms with Gasteiger partial charge in [-0.15, -0.1) is 13.2 Å². The lowest BCUT2D eigenvalue weighted by Gasteiger charge is -2.28. The average molecular weight is 284 g/mol. The molecule has 0 spiro atoms. The molecule has 0 radical (unpaired) electrons. The summed E-state index contributed by atoms with van der Waals surface area (Å²) < 4.78 is 40.8. The van der Waals surface area contributed by atoms with Gasteiger partial charge in [-0.2, -0.15) is 0 Å². The highest BCUT2D eigenvalue weighted by molar-refractivity contribution is 5.93. The number of nitrogens with one attached hydrogen (secondary N) is 1. The highest BCUT2D eigenvalue weighted by Crippen LogP contribution is 2.33. The van der Waals surface area contributed by atoms with Crippen molar-refractivity contribution in [1.29, 1.82) is 0 Å². The van der Waals surface area contributed by atoms with E-state index in [-0.39, 0.29) is 5.75 Å². The van der Waals surface area contributed by atoms with E-state index in [0.717, 1.165) is 42.5 Å². The molecule has 0 unspecified atom stereocenters. The van der Waals surface area contributed by atoms with Gasteiger partial charge >= 0.3 is 6.36 Å². The molecule has 1 aromatic carbocycles. The maximum atomic E-state index is 12.3. The van der Waals surface area contributed by atoms with Crippen LogP contribution in [-0.2, 0) is 0 Å². The fourth-order valence-electron chi connectivity index (χ4n) is 2.68. The number of nitrogens with zero attached hydrogens (tertiary/aromatic N) is 1. The van der Waals surface area contributed by atoms with Gasteiger partial charge < -0.3 is 14.6 Å². The van der Waals surface area contributed by atoms with Crippen molar-refractivity contribution < 1.29 is 17.9 Å². The van der Waals surface area contributed by atoms with E-state index in [4.69, 9.17) is 0 Å². The minimum absolute atomic E-state index is 0.178. The van der Waals surface area contributed by atoms with Gasteiger partial charge in [-0.3, -0.25) is 0 Å². The molecule has 1 aliphatic heterocycles. The molecule has 20 heavy (non-hydrogen) atoms. The summed E-state index contributed by atoms with van der Waals surface area (Å²) in [7, 11) is 0. The topological polar surface area (TPSA) is 28.3 Å². The third-order valence-electron chi connectivity index (χ3n) is 3.56. The van der Waals surface area contributed by atoms with Gasteiger partial charge in [0.25, 0.3) is 0 Å². The number of hydrogen-bond acceptors (Lipinski definition) is 2. The first-order valence-corrected chi connectivity index (χ1v) is 6.65. The maximum absolute atomic E-state index is 12.3. The Kier molecular flexibility index (Phi) is 3.23.